The zero-order chi connectivity index (χ0) is 14.1. The molecule has 1 saturated heterocycles. The topological polar surface area (TPSA) is 48.1 Å². The molecule has 3 rings (SSSR count). The quantitative estimate of drug-likeness (QED) is 0.881. The van der Waals surface area contributed by atoms with Gasteiger partial charge in [-0.05, 0) is 43.5 Å². The lowest BCUT2D eigenvalue weighted by atomic mass is 9.94. The standard InChI is InChI=1S/C16H21N3O/c1-11-10-19(2)8-7-14(11)17-15-9-12-5-3-4-6-13(12)16(20)18-15/h3-6,9,11,14H,7-8,10H2,1-2H3,(H2,17,18,20). The van der Waals surface area contributed by atoms with E-state index < -0.39 is 0 Å². The summed E-state index contributed by atoms with van der Waals surface area (Å²) >= 11 is 0. The summed E-state index contributed by atoms with van der Waals surface area (Å²) < 4.78 is 0. The van der Waals surface area contributed by atoms with Gasteiger partial charge in [0.25, 0.3) is 5.56 Å². The van der Waals surface area contributed by atoms with Crippen LogP contribution in [0.25, 0.3) is 10.8 Å². The molecule has 2 heterocycles. The number of hydrogen-bond acceptors (Lipinski definition) is 3. The van der Waals surface area contributed by atoms with Gasteiger partial charge >= 0.3 is 0 Å². The van der Waals surface area contributed by atoms with Crippen molar-refractivity contribution in [3.63, 3.8) is 0 Å². The summed E-state index contributed by atoms with van der Waals surface area (Å²) in [6.07, 6.45) is 1.10. The first kappa shape index (κ1) is 13.2. The average Bonchev–Trinajstić information content (AvgIpc) is 2.42. The first-order valence-electron chi connectivity index (χ1n) is 7.20. The van der Waals surface area contributed by atoms with E-state index in [1.54, 1.807) is 0 Å². The number of pyridine rings is 1. The van der Waals surface area contributed by atoms with Crippen LogP contribution in [0.5, 0.6) is 0 Å². The van der Waals surface area contributed by atoms with Crippen LogP contribution in [-0.2, 0) is 0 Å². The second-order valence-electron chi connectivity index (χ2n) is 5.88. The van der Waals surface area contributed by atoms with Crippen molar-refractivity contribution in [1.29, 1.82) is 0 Å². The second kappa shape index (κ2) is 5.29. The van der Waals surface area contributed by atoms with E-state index in [1.165, 1.54) is 0 Å². The molecule has 2 N–H and O–H groups in total. The molecular weight excluding hydrogens is 250 g/mol. The molecule has 1 aromatic carbocycles. The van der Waals surface area contributed by atoms with Crippen LogP contribution in [0.3, 0.4) is 0 Å². The molecule has 0 bridgehead atoms. The predicted octanol–water partition coefficient (Wildman–Crippen LogP) is 2.28. The summed E-state index contributed by atoms with van der Waals surface area (Å²) in [5, 5.41) is 5.23. The fourth-order valence-corrected chi connectivity index (χ4v) is 3.06. The Hall–Kier alpha value is -1.81. The molecule has 4 nitrogen and oxygen atoms in total. The number of anilines is 1. The number of rotatable bonds is 2. The number of aromatic nitrogens is 1. The van der Waals surface area contributed by atoms with Crippen molar-refractivity contribution in [2.45, 2.75) is 19.4 Å². The number of nitrogens with zero attached hydrogens (tertiary/aromatic N) is 1. The number of likely N-dealkylation sites (tertiary alicyclic amines) is 1. The Balaban J connectivity index is 1.86. The fourth-order valence-electron chi connectivity index (χ4n) is 3.06. The lowest BCUT2D eigenvalue weighted by Crippen LogP contribution is -2.43. The third-order valence-electron chi connectivity index (χ3n) is 4.20. The molecule has 20 heavy (non-hydrogen) atoms. The largest absolute Gasteiger partial charge is 0.368 e. The number of benzene rings is 1. The SMILES string of the molecule is CC1CN(C)CCC1Nc1cc2ccccc2c(=O)[nH]1. The Kier molecular flexibility index (Phi) is 3.49. The predicted molar refractivity (Wildman–Crippen MR) is 83.3 cm³/mol. The van der Waals surface area contributed by atoms with Gasteiger partial charge in [-0.15, -0.1) is 0 Å². The van der Waals surface area contributed by atoms with Crippen LogP contribution in [0.2, 0.25) is 0 Å². The van der Waals surface area contributed by atoms with Crippen molar-refractivity contribution in [2.24, 2.45) is 5.92 Å². The molecule has 1 aromatic heterocycles. The molecule has 0 radical (unpaired) electrons. The summed E-state index contributed by atoms with van der Waals surface area (Å²) in [4.78, 5) is 17.4. The van der Waals surface area contributed by atoms with Gasteiger partial charge in [-0.1, -0.05) is 25.1 Å². The molecule has 0 aliphatic carbocycles. The normalized spacial score (nSPS) is 23.9. The molecule has 2 unspecified atom stereocenters. The molecule has 0 spiro atoms. The van der Waals surface area contributed by atoms with Crippen molar-refractivity contribution < 1.29 is 0 Å². The van der Waals surface area contributed by atoms with Gasteiger partial charge in [0.15, 0.2) is 0 Å². The number of nitrogens with one attached hydrogen (secondary N) is 2. The number of hydrogen-bond donors (Lipinski definition) is 2. The van der Waals surface area contributed by atoms with Gasteiger partial charge < -0.3 is 15.2 Å². The van der Waals surface area contributed by atoms with Crippen molar-refractivity contribution in [3.8, 4) is 0 Å². The number of piperidine rings is 1. The average molecular weight is 271 g/mol. The Labute approximate surface area is 118 Å². The van der Waals surface area contributed by atoms with Crippen LogP contribution in [-0.4, -0.2) is 36.1 Å². The molecule has 0 saturated carbocycles. The third-order valence-corrected chi connectivity index (χ3v) is 4.20. The fraction of sp³-hybridized carbons (Fsp3) is 0.438. The van der Waals surface area contributed by atoms with E-state index in [0.29, 0.717) is 12.0 Å². The van der Waals surface area contributed by atoms with Gasteiger partial charge in [-0.2, -0.15) is 0 Å². The highest BCUT2D eigenvalue weighted by molar-refractivity contribution is 5.83. The van der Waals surface area contributed by atoms with Crippen molar-refractivity contribution in [2.75, 3.05) is 25.5 Å². The van der Waals surface area contributed by atoms with Crippen LogP contribution >= 0.6 is 0 Å². The van der Waals surface area contributed by atoms with E-state index >= 15 is 0 Å². The summed E-state index contributed by atoms with van der Waals surface area (Å²) in [7, 11) is 2.16. The van der Waals surface area contributed by atoms with E-state index in [2.05, 4.69) is 29.2 Å². The van der Waals surface area contributed by atoms with E-state index in [0.717, 1.165) is 36.1 Å². The molecule has 2 aromatic rings. The number of H-pyrrole nitrogens is 1. The van der Waals surface area contributed by atoms with Crippen LogP contribution in [0.4, 0.5) is 5.82 Å². The molecule has 0 amide bonds. The van der Waals surface area contributed by atoms with Crippen LogP contribution < -0.4 is 10.9 Å². The highest BCUT2D eigenvalue weighted by atomic mass is 16.1. The smallest absolute Gasteiger partial charge is 0.257 e. The Bertz CT molecular complexity index is 664. The molecule has 1 aliphatic rings. The third kappa shape index (κ3) is 2.56. The molecule has 106 valence electrons. The zero-order valence-electron chi connectivity index (χ0n) is 12.0. The van der Waals surface area contributed by atoms with E-state index in [9.17, 15) is 4.79 Å². The maximum absolute atomic E-state index is 12.1. The molecule has 1 aliphatic heterocycles. The first-order chi connectivity index (χ1) is 9.63. The minimum atomic E-state index is -0.0221. The van der Waals surface area contributed by atoms with Crippen molar-refractivity contribution in [1.82, 2.24) is 9.88 Å². The summed E-state index contributed by atoms with van der Waals surface area (Å²) in [5.74, 6) is 1.40. The Morgan fingerprint density at radius 1 is 1.35 bits per heavy atom. The van der Waals surface area contributed by atoms with Gasteiger partial charge in [-0.25, -0.2) is 0 Å². The van der Waals surface area contributed by atoms with Crippen molar-refractivity contribution in [3.05, 3.63) is 40.7 Å². The highest BCUT2D eigenvalue weighted by Crippen LogP contribution is 2.20. The summed E-state index contributed by atoms with van der Waals surface area (Å²) in [6.45, 7) is 4.45. The van der Waals surface area contributed by atoms with Crippen molar-refractivity contribution >= 4 is 16.6 Å². The summed E-state index contributed by atoms with van der Waals surface area (Å²) in [5.41, 5.74) is -0.0221. The van der Waals surface area contributed by atoms with Gasteiger partial charge in [0, 0.05) is 18.0 Å². The second-order valence-corrected chi connectivity index (χ2v) is 5.88. The lowest BCUT2D eigenvalue weighted by molar-refractivity contribution is 0.206. The van der Waals surface area contributed by atoms with Gasteiger partial charge in [-0.3, -0.25) is 4.79 Å². The van der Waals surface area contributed by atoms with E-state index in [4.69, 9.17) is 0 Å². The van der Waals surface area contributed by atoms with Gasteiger partial charge in [0.05, 0.1) is 0 Å². The number of aromatic amines is 1. The van der Waals surface area contributed by atoms with Crippen LogP contribution in [0.15, 0.2) is 35.1 Å². The first-order valence-corrected chi connectivity index (χ1v) is 7.20. The Morgan fingerprint density at radius 2 is 2.15 bits per heavy atom. The highest BCUT2D eigenvalue weighted by Gasteiger charge is 2.24. The van der Waals surface area contributed by atoms with E-state index in [1.807, 2.05) is 30.3 Å². The van der Waals surface area contributed by atoms with Crippen LogP contribution in [0.1, 0.15) is 13.3 Å². The molecule has 4 heteroatoms. The van der Waals surface area contributed by atoms with Crippen LogP contribution in [0, 0.1) is 5.92 Å². The Morgan fingerprint density at radius 3 is 2.95 bits per heavy atom. The molecule has 2 atom stereocenters. The van der Waals surface area contributed by atoms with Gasteiger partial charge in [0.2, 0.25) is 0 Å². The maximum Gasteiger partial charge on any atom is 0.257 e. The molecular formula is C16H21N3O. The monoisotopic (exact) mass is 271 g/mol. The lowest BCUT2D eigenvalue weighted by Gasteiger charge is -2.35. The molecule has 1 fully saturated rings. The number of fused-ring (bicyclic) bond motifs is 1. The zero-order valence-corrected chi connectivity index (χ0v) is 12.0. The van der Waals surface area contributed by atoms with Gasteiger partial charge in [0.1, 0.15) is 5.82 Å². The maximum atomic E-state index is 12.1. The summed E-state index contributed by atoms with van der Waals surface area (Å²) in [6, 6.07) is 10.1. The minimum Gasteiger partial charge on any atom is -0.368 e. The minimum absolute atomic E-state index is 0.0221. The van der Waals surface area contributed by atoms with E-state index in [-0.39, 0.29) is 5.56 Å².